The summed E-state index contributed by atoms with van der Waals surface area (Å²) in [6.45, 7) is 4.00. The summed E-state index contributed by atoms with van der Waals surface area (Å²) < 4.78 is 12.0. The second-order valence-corrected chi connectivity index (χ2v) is 6.92. The molecule has 0 N–H and O–H groups in total. The van der Waals surface area contributed by atoms with Crippen molar-refractivity contribution in [2.75, 3.05) is 0 Å². The number of ether oxygens (including phenoxy) is 1. The molecule has 4 aromatic rings. The lowest BCUT2D eigenvalue weighted by Crippen LogP contribution is -2.11. The zero-order chi connectivity index (χ0) is 21.8. The highest BCUT2D eigenvalue weighted by Gasteiger charge is 2.28. The Hall–Kier alpha value is -4.19. The molecule has 0 spiro atoms. The molecule has 31 heavy (non-hydrogen) atoms. The van der Waals surface area contributed by atoms with E-state index in [1.54, 1.807) is 42.5 Å². The minimum atomic E-state index is -0.700. The van der Waals surface area contributed by atoms with Crippen molar-refractivity contribution < 1.29 is 14.1 Å². The number of para-hydroxylation sites is 2. The monoisotopic (exact) mass is 413 g/mol. The summed E-state index contributed by atoms with van der Waals surface area (Å²) in [5.74, 6) is 0.265. The molecule has 0 aliphatic heterocycles. The lowest BCUT2D eigenvalue weighted by atomic mass is 10.0. The highest BCUT2D eigenvalue weighted by atomic mass is 16.6. The third-order valence-electron chi connectivity index (χ3n) is 4.89. The molecular weight excluding hydrogens is 394 g/mol. The van der Waals surface area contributed by atoms with E-state index >= 15 is 0 Å². The van der Waals surface area contributed by atoms with Crippen LogP contribution in [0, 0.1) is 10.1 Å². The minimum absolute atomic E-state index is 0.123. The zero-order valence-electron chi connectivity index (χ0n) is 16.6. The Labute approximate surface area is 178 Å². The van der Waals surface area contributed by atoms with Gasteiger partial charge in [-0.1, -0.05) is 60.7 Å². The van der Waals surface area contributed by atoms with Crippen molar-refractivity contribution in [2.24, 2.45) is 0 Å². The van der Waals surface area contributed by atoms with Crippen LogP contribution in [0.15, 0.2) is 94.7 Å². The molecule has 4 rings (SSSR count). The van der Waals surface area contributed by atoms with Crippen molar-refractivity contribution in [3.63, 3.8) is 0 Å². The van der Waals surface area contributed by atoms with Crippen molar-refractivity contribution in [1.29, 1.82) is 0 Å². The van der Waals surface area contributed by atoms with Gasteiger partial charge in [0.15, 0.2) is 0 Å². The van der Waals surface area contributed by atoms with Crippen LogP contribution in [0.2, 0.25) is 0 Å². The average molecular weight is 413 g/mol. The standard InChI is InChI=1S/C25H19NO5/c1-2-9-18-12-8-14-20-23(27)22(26(28)29)25(31-24(18)20)19-13-6-7-15-21(19)30-16-17-10-4-3-5-11-17/h2-8,10-15H,1,9,16H2. The molecular formula is C25H19NO5. The first-order valence-corrected chi connectivity index (χ1v) is 9.70. The van der Waals surface area contributed by atoms with Gasteiger partial charge in [-0.05, 0) is 35.7 Å². The first-order valence-electron chi connectivity index (χ1n) is 9.70. The van der Waals surface area contributed by atoms with Crippen molar-refractivity contribution in [1.82, 2.24) is 0 Å². The van der Waals surface area contributed by atoms with Crippen LogP contribution in [0.4, 0.5) is 5.69 Å². The van der Waals surface area contributed by atoms with Crippen molar-refractivity contribution >= 4 is 16.7 Å². The fourth-order valence-corrected chi connectivity index (χ4v) is 3.45. The van der Waals surface area contributed by atoms with E-state index in [0.717, 1.165) is 11.1 Å². The van der Waals surface area contributed by atoms with Gasteiger partial charge in [-0.3, -0.25) is 14.9 Å². The zero-order valence-corrected chi connectivity index (χ0v) is 16.6. The van der Waals surface area contributed by atoms with Crippen molar-refractivity contribution in [2.45, 2.75) is 13.0 Å². The number of fused-ring (bicyclic) bond motifs is 1. The SMILES string of the molecule is C=CCc1cccc2c(=O)c([N+](=O)[O-])c(-c3ccccc3OCc3ccccc3)oc12. The van der Waals surface area contributed by atoms with Gasteiger partial charge in [0, 0.05) is 0 Å². The number of hydrogen-bond acceptors (Lipinski definition) is 5. The summed E-state index contributed by atoms with van der Waals surface area (Å²) in [6.07, 6.45) is 2.15. The molecule has 0 saturated heterocycles. The molecule has 154 valence electrons. The van der Waals surface area contributed by atoms with Crippen LogP contribution >= 0.6 is 0 Å². The number of allylic oxidation sites excluding steroid dienone is 1. The van der Waals surface area contributed by atoms with E-state index in [1.165, 1.54) is 6.07 Å². The third-order valence-corrected chi connectivity index (χ3v) is 4.89. The summed E-state index contributed by atoms with van der Waals surface area (Å²) in [5.41, 5.74) is 1.02. The molecule has 1 aromatic heterocycles. The predicted molar refractivity (Wildman–Crippen MR) is 119 cm³/mol. The number of nitro groups is 1. The summed E-state index contributed by atoms with van der Waals surface area (Å²) >= 11 is 0. The molecule has 1 heterocycles. The minimum Gasteiger partial charge on any atom is -0.488 e. The average Bonchev–Trinajstić information content (AvgIpc) is 2.79. The lowest BCUT2D eigenvalue weighted by molar-refractivity contribution is -0.386. The number of rotatable bonds is 7. The maximum atomic E-state index is 13.0. The van der Waals surface area contributed by atoms with Crippen LogP contribution in [0.25, 0.3) is 22.3 Å². The van der Waals surface area contributed by atoms with Crippen LogP contribution in [0.5, 0.6) is 5.75 Å². The van der Waals surface area contributed by atoms with E-state index in [4.69, 9.17) is 9.15 Å². The Bertz CT molecular complexity index is 1330. The normalized spacial score (nSPS) is 10.7. The first kappa shape index (κ1) is 20.1. The van der Waals surface area contributed by atoms with E-state index in [9.17, 15) is 14.9 Å². The molecule has 0 saturated carbocycles. The van der Waals surface area contributed by atoms with Gasteiger partial charge in [0.05, 0.1) is 15.9 Å². The molecule has 0 bridgehead atoms. The molecule has 0 atom stereocenters. The molecule has 0 amide bonds. The Morgan fingerprint density at radius 3 is 2.48 bits per heavy atom. The van der Waals surface area contributed by atoms with E-state index in [0.29, 0.717) is 23.3 Å². The predicted octanol–water partition coefficient (Wildman–Crippen LogP) is 5.68. The van der Waals surface area contributed by atoms with E-state index in [2.05, 4.69) is 6.58 Å². The Kier molecular flexibility index (Phi) is 5.62. The largest absolute Gasteiger partial charge is 0.488 e. The third kappa shape index (κ3) is 3.96. The fourth-order valence-electron chi connectivity index (χ4n) is 3.45. The van der Waals surface area contributed by atoms with Gasteiger partial charge < -0.3 is 9.15 Å². The number of benzene rings is 3. The number of hydrogen-bond donors (Lipinski definition) is 0. The quantitative estimate of drug-likeness (QED) is 0.221. The van der Waals surface area contributed by atoms with E-state index in [-0.39, 0.29) is 17.8 Å². The summed E-state index contributed by atoms with van der Waals surface area (Å²) in [5, 5.41) is 12.0. The van der Waals surface area contributed by atoms with Gasteiger partial charge in [-0.2, -0.15) is 0 Å². The smallest absolute Gasteiger partial charge is 0.359 e. The van der Waals surface area contributed by atoms with Gasteiger partial charge in [-0.25, -0.2) is 0 Å². The van der Waals surface area contributed by atoms with Gasteiger partial charge in [-0.15, -0.1) is 6.58 Å². The van der Waals surface area contributed by atoms with Gasteiger partial charge >= 0.3 is 5.69 Å². The van der Waals surface area contributed by atoms with E-state index in [1.807, 2.05) is 30.3 Å². The molecule has 6 heteroatoms. The lowest BCUT2D eigenvalue weighted by Gasteiger charge is -2.12. The Morgan fingerprint density at radius 2 is 1.74 bits per heavy atom. The van der Waals surface area contributed by atoms with Gasteiger partial charge in [0.2, 0.25) is 5.76 Å². The van der Waals surface area contributed by atoms with Gasteiger partial charge in [0.1, 0.15) is 17.9 Å². The highest BCUT2D eigenvalue weighted by molar-refractivity contribution is 5.87. The molecule has 6 nitrogen and oxygen atoms in total. The maximum absolute atomic E-state index is 13.0. The highest BCUT2D eigenvalue weighted by Crippen LogP contribution is 2.37. The van der Waals surface area contributed by atoms with Crippen LogP contribution in [-0.4, -0.2) is 4.92 Å². The molecule has 0 fully saturated rings. The van der Waals surface area contributed by atoms with Crippen LogP contribution < -0.4 is 10.2 Å². The molecule has 0 unspecified atom stereocenters. The number of nitrogens with zero attached hydrogens (tertiary/aromatic N) is 1. The van der Waals surface area contributed by atoms with Crippen LogP contribution in [-0.2, 0) is 13.0 Å². The van der Waals surface area contributed by atoms with Gasteiger partial charge in [0.25, 0.3) is 5.43 Å². The molecule has 0 aliphatic rings. The molecule has 3 aromatic carbocycles. The second kappa shape index (κ2) is 8.67. The second-order valence-electron chi connectivity index (χ2n) is 6.92. The first-order chi connectivity index (χ1) is 15.1. The molecule has 0 radical (unpaired) electrons. The maximum Gasteiger partial charge on any atom is 0.359 e. The van der Waals surface area contributed by atoms with E-state index < -0.39 is 16.0 Å². The van der Waals surface area contributed by atoms with Crippen LogP contribution in [0.1, 0.15) is 11.1 Å². The summed E-state index contributed by atoms with van der Waals surface area (Å²) in [6, 6.07) is 21.4. The Morgan fingerprint density at radius 1 is 1.00 bits per heavy atom. The topological polar surface area (TPSA) is 82.6 Å². The summed E-state index contributed by atoms with van der Waals surface area (Å²) in [7, 11) is 0. The van der Waals surface area contributed by atoms with Crippen LogP contribution in [0.3, 0.4) is 0 Å². The van der Waals surface area contributed by atoms with Crippen molar-refractivity contribution in [3.8, 4) is 17.1 Å². The van der Waals surface area contributed by atoms with Crippen molar-refractivity contribution in [3.05, 3.63) is 117 Å². The Balaban J connectivity index is 1.90. The summed E-state index contributed by atoms with van der Waals surface area (Å²) in [4.78, 5) is 24.2. The fraction of sp³-hybridized carbons (Fsp3) is 0.0800. The molecule has 0 aliphatic carbocycles.